The van der Waals surface area contributed by atoms with Crippen LogP contribution in [0, 0.1) is 0 Å². The van der Waals surface area contributed by atoms with Gasteiger partial charge in [0.15, 0.2) is 5.78 Å². The van der Waals surface area contributed by atoms with Crippen LogP contribution in [0.15, 0.2) is 59.5 Å². The van der Waals surface area contributed by atoms with Gasteiger partial charge in [-0.3, -0.25) is 9.59 Å². The zero-order valence-electron chi connectivity index (χ0n) is 12.5. The predicted octanol–water partition coefficient (Wildman–Crippen LogP) is 4.26. The van der Waals surface area contributed by atoms with Gasteiger partial charge in [0.05, 0.1) is 0 Å². The van der Waals surface area contributed by atoms with Crippen LogP contribution >= 0.6 is 11.8 Å². The molecule has 0 fully saturated rings. The van der Waals surface area contributed by atoms with E-state index in [1.165, 1.54) is 6.92 Å². The number of hydrogen-bond donors (Lipinski definition) is 1. The number of allylic oxidation sites excluding steroid dienone is 1. The summed E-state index contributed by atoms with van der Waals surface area (Å²) in [6.45, 7) is 1.47. The smallest absolute Gasteiger partial charge is 0.221 e. The second-order valence-electron chi connectivity index (χ2n) is 4.73. The Morgan fingerprint density at radius 3 is 2.18 bits per heavy atom. The molecular formula is C18H17NO2S. The molecule has 0 aliphatic rings. The Morgan fingerprint density at radius 2 is 1.64 bits per heavy atom. The number of anilines is 1. The molecule has 1 N–H and O–H groups in total. The number of amides is 1. The van der Waals surface area contributed by atoms with Crippen molar-refractivity contribution < 1.29 is 9.59 Å². The standard InChI is InChI=1S/C18H17NO2S/c1-13(20)19-16-8-3-14(4-9-16)5-12-18(21)15-6-10-17(22-2)11-7-15/h3-12H,1-2H3,(H,19,20)/b12-5+. The SMILES string of the molecule is CSc1ccc(C(=O)/C=C/c2ccc(NC(C)=O)cc2)cc1. The lowest BCUT2D eigenvalue weighted by atomic mass is 10.1. The lowest BCUT2D eigenvalue weighted by Crippen LogP contribution is -2.05. The van der Waals surface area contributed by atoms with Crippen LogP contribution in [0.3, 0.4) is 0 Å². The average Bonchev–Trinajstić information content (AvgIpc) is 2.53. The molecule has 0 heterocycles. The fourth-order valence-electron chi connectivity index (χ4n) is 1.90. The Balaban J connectivity index is 2.03. The van der Waals surface area contributed by atoms with Crippen molar-refractivity contribution >= 4 is 35.2 Å². The third-order valence-electron chi connectivity index (χ3n) is 3.03. The van der Waals surface area contributed by atoms with Gasteiger partial charge in [-0.05, 0) is 54.3 Å². The van der Waals surface area contributed by atoms with Gasteiger partial charge in [-0.25, -0.2) is 0 Å². The summed E-state index contributed by atoms with van der Waals surface area (Å²) in [7, 11) is 0. The van der Waals surface area contributed by atoms with Gasteiger partial charge in [0.25, 0.3) is 0 Å². The van der Waals surface area contributed by atoms with Gasteiger partial charge in [0.1, 0.15) is 0 Å². The van der Waals surface area contributed by atoms with E-state index in [0.717, 1.165) is 16.1 Å². The normalized spacial score (nSPS) is 10.6. The van der Waals surface area contributed by atoms with Crippen LogP contribution in [0.2, 0.25) is 0 Å². The van der Waals surface area contributed by atoms with Crippen LogP contribution in [0.25, 0.3) is 6.08 Å². The summed E-state index contributed by atoms with van der Waals surface area (Å²) in [5, 5.41) is 2.70. The minimum absolute atomic E-state index is 0.0291. The summed E-state index contributed by atoms with van der Waals surface area (Å²) in [5.74, 6) is -0.134. The van der Waals surface area contributed by atoms with E-state index in [2.05, 4.69) is 5.32 Å². The first-order valence-electron chi connectivity index (χ1n) is 6.82. The fraction of sp³-hybridized carbons (Fsp3) is 0.111. The van der Waals surface area contributed by atoms with Crippen molar-refractivity contribution in [2.45, 2.75) is 11.8 Å². The van der Waals surface area contributed by atoms with Crippen LogP contribution in [-0.4, -0.2) is 17.9 Å². The molecule has 0 unspecified atom stereocenters. The molecule has 22 heavy (non-hydrogen) atoms. The Labute approximate surface area is 134 Å². The number of rotatable bonds is 5. The molecule has 2 aromatic rings. The van der Waals surface area contributed by atoms with E-state index in [1.54, 1.807) is 36.0 Å². The van der Waals surface area contributed by atoms with Crippen molar-refractivity contribution in [3.63, 3.8) is 0 Å². The molecule has 2 rings (SSSR count). The summed E-state index contributed by atoms with van der Waals surface area (Å²) in [4.78, 5) is 24.2. The third-order valence-corrected chi connectivity index (χ3v) is 3.78. The maximum atomic E-state index is 12.1. The Bertz CT molecular complexity index is 688. The summed E-state index contributed by atoms with van der Waals surface area (Å²) < 4.78 is 0. The quantitative estimate of drug-likeness (QED) is 0.510. The highest BCUT2D eigenvalue weighted by molar-refractivity contribution is 7.98. The first kappa shape index (κ1) is 16.0. The van der Waals surface area contributed by atoms with Crippen LogP contribution in [0.1, 0.15) is 22.8 Å². The van der Waals surface area contributed by atoms with Crippen molar-refractivity contribution in [3.8, 4) is 0 Å². The van der Waals surface area contributed by atoms with E-state index >= 15 is 0 Å². The monoisotopic (exact) mass is 311 g/mol. The minimum atomic E-state index is -0.104. The number of carbonyl (C=O) groups excluding carboxylic acids is 2. The Morgan fingerprint density at radius 1 is 1.00 bits per heavy atom. The highest BCUT2D eigenvalue weighted by atomic mass is 32.2. The number of benzene rings is 2. The van der Waals surface area contributed by atoms with E-state index in [1.807, 2.05) is 42.7 Å². The number of nitrogens with one attached hydrogen (secondary N) is 1. The van der Waals surface area contributed by atoms with E-state index < -0.39 is 0 Å². The van der Waals surface area contributed by atoms with Crippen molar-refractivity contribution in [2.75, 3.05) is 11.6 Å². The van der Waals surface area contributed by atoms with Crippen molar-refractivity contribution in [1.29, 1.82) is 0 Å². The molecule has 0 aliphatic carbocycles. The molecule has 2 aromatic carbocycles. The van der Waals surface area contributed by atoms with E-state index in [0.29, 0.717) is 5.56 Å². The van der Waals surface area contributed by atoms with Gasteiger partial charge in [-0.15, -0.1) is 11.8 Å². The maximum Gasteiger partial charge on any atom is 0.221 e. The molecule has 112 valence electrons. The van der Waals surface area contributed by atoms with Crippen molar-refractivity contribution in [2.24, 2.45) is 0 Å². The lowest BCUT2D eigenvalue weighted by Gasteiger charge is -2.02. The van der Waals surface area contributed by atoms with Crippen LogP contribution < -0.4 is 5.32 Å². The van der Waals surface area contributed by atoms with Crippen molar-refractivity contribution in [3.05, 3.63) is 65.7 Å². The number of hydrogen-bond acceptors (Lipinski definition) is 3. The van der Waals surface area contributed by atoms with Gasteiger partial charge in [0.2, 0.25) is 5.91 Å². The predicted molar refractivity (Wildman–Crippen MR) is 92.3 cm³/mol. The zero-order valence-corrected chi connectivity index (χ0v) is 13.3. The molecule has 1 amide bonds. The molecule has 0 bridgehead atoms. The largest absolute Gasteiger partial charge is 0.326 e. The summed E-state index contributed by atoms with van der Waals surface area (Å²) in [6, 6.07) is 14.9. The van der Waals surface area contributed by atoms with Gasteiger partial charge in [-0.1, -0.05) is 18.2 Å². The third kappa shape index (κ3) is 4.60. The minimum Gasteiger partial charge on any atom is -0.326 e. The van der Waals surface area contributed by atoms with Crippen LogP contribution in [0.4, 0.5) is 5.69 Å². The van der Waals surface area contributed by atoms with Gasteiger partial charge in [0, 0.05) is 23.1 Å². The highest BCUT2D eigenvalue weighted by Gasteiger charge is 2.01. The molecule has 0 saturated heterocycles. The second-order valence-corrected chi connectivity index (χ2v) is 5.61. The highest BCUT2D eigenvalue weighted by Crippen LogP contribution is 2.16. The average molecular weight is 311 g/mol. The summed E-state index contributed by atoms with van der Waals surface area (Å²) in [5.41, 5.74) is 2.32. The summed E-state index contributed by atoms with van der Waals surface area (Å²) >= 11 is 1.65. The van der Waals surface area contributed by atoms with Crippen LogP contribution in [-0.2, 0) is 4.79 Å². The topological polar surface area (TPSA) is 46.2 Å². The molecule has 0 radical (unpaired) electrons. The molecular weight excluding hydrogens is 294 g/mol. The van der Waals surface area contributed by atoms with Gasteiger partial charge < -0.3 is 5.32 Å². The molecule has 4 heteroatoms. The number of ketones is 1. The Hall–Kier alpha value is -2.33. The lowest BCUT2D eigenvalue weighted by molar-refractivity contribution is -0.114. The van der Waals surface area contributed by atoms with E-state index in [-0.39, 0.29) is 11.7 Å². The first-order valence-corrected chi connectivity index (χ1v) is 8.05. The van der Waals surface area contributed by atoms with Crippen LogP contribution in [0.5, 0.6) is 0 Å². The molecule has 0 saturated carbocycles. The molecule has 0 aromatic heterocycles. The van der Waals surface area contributed by atoms with E-state index in [4.69, 9.17) is 0 Å². The summed E-state index contributed by atoms with van der Waals surface area (Å²) in [6.07, 6.45) is 5.32. The second kappa shape index (κ2) is 7.61. The maximum absolute atomic E-state index is 12.1. The first-order chi connectivity index (χ1) is 10.6. The van der Waals surface area contributed by atoms with Crippen molar-refractivity contribution in [1.82, 2.24) is 0 Å². The number of thioether (sulfide) groups is 1. The zero-order chi connectivity index (χ0) is 15.9. The van der Waals surface area contributed by atoms with Gasteiger partial charge >= 0.3 is 0 Å². The molecule has 0 atom stereocenters. The molecule has 3 nitrogen and oxygen atoms in total. The fourth-order valence-corrected chi connectivity index (χ4v) is 2.31. The molecule has 0 spiro atoms. The van der Waals surface area contributed by atoms with E-state index in [9.17, 15) is 9.59 Å². The number of carbonyl (C=O) groups is 2. The molecule has 0 aliphatic heterocycles. The van der Waals surface area contributed by atoms with Gasteiger partial charge in [-0.2, -0.15) is 0 Å². The Kier molecular flexibility index (Phi) is 5.55.